The molecule has 2 aromatic carbocycles. The van der Waals surface area contributed by atoms with Crippen LogP contribution in [0.3, 0.4) is 0 Å². The smallest absolute Gasteiger partial charge is 0.270 e. The Bertz CT molecular complexity index is 883. The number of carbonyl (C=O) groups excluding carboxylic acids is 1. The van der Waals surface area contributed by atoms with Crippen molar-refractivity contribution < 1.29 is 9.72 Å². The van der Waals surface area contributed by atoms with Crippen molar-refractivity contribution in [1.29, 1.82) is 0 Å². The van der Waals surface area contributed by atoms with Gasteiger partial charge in [-0.15, -0.1) is 11.8 Å². The van der Waals surface area contributed by atoms with Crippen LogP contribution in [-0.4, -0.2) is 35.4 Å². The lowest BCUT2D eigenvalue weighted by Gasteiger charge is -2.29. The molecular weight excluding hydrogens is 388 g/mol. The van der Waals surface area contributed by atoms with Crippen LogP contribution in [0, 0.1) is 10.1 Å². The number of hydrogen-bond acceptors (Lipinski definition) is 6. The largest absolute Gasteiger partial charge is 0.371 e. The second-order valence-corrected chi connectivity index (χ2v) is 8.27. The third-order valence-corrected chi connectivity index (χ3v) is 5.83. The van der Waals surface area contributed by atoms with Gasteiger partial charge in [-0.2, -0.15) is 5.10 Å². The molecule has 7 nitrogen and oxygen atoms in total. The molecule has 152 valence electrons. The molecule has 0 aliphatic carbocycles. The number of rotatable bonds is 7. The number of nitro benzene ring substituents is 1. The summed E-state index contributed by atoms with van der Waals surface area (Å²) in [6.07, 6.45) is 4.88. The first-order valence-corrected chi connectivity index (χ1v) is 10.5. The summed E-state index contributed by atoms with van der Waals surface area (Å²) in [5.74, 6) is -0.222. The van der Waals surface area contributed by atoms with Crippen LogP contribution in [0.1, 0.15) is 31.7 Å². The van der Waals surface area contributed by atoms with Gasteiger partial charge in [0.15, 0.2) is 0 Å². The first-order valence-electron chi connectivity index (χ1n) is 9.62. The molecule has 0 bridgehead atoms. The van der Waals surface area contributed by atoms with Gasteiger partial charge in [0.2, 0.25) is 0 Å². The van der Waals surface area contributed by atoms with Crippen LogP contribution in [-0.2, 0) is 4.79 Å². The molecule has 1 fully saturated rings. The van der Waals surface area contributed by atoms with Gasteiger partial charge in [-0.1, -0.05) is 18.2 Å². The van der Waals surface area contributed by atoms with E-state index in [1.165, 1.54) is 36.5 Å². The highest BCUT2D eigenvalue weighted by atomic mass is 32.2. The number of nitro groups is 1. The van der Waals surface area contributed by atoms with Gasteiger partial charge in [0, 0.05) is 41.4 Å². The highest BCUT2D eigenvalue weighted by molar-refractivity contribution is 8.00. The van der Waals surface area contributed by atoms with E-state index in [0.717, 1.165) is 36.5 Å². The first-order chi connectivity index (χ1) is 14.0. The van der Waals surface area contributed by atoms with Crippen LogP contribution in [0.5, 0.6) is 0 Å². The Kier molecular flexibility index (Phi) is 7.24. The first kappa shape index (κ1) is 20.9. The second kappa shape index (κ2) is 10.1. The average Bonchev–Trinajstić information content (AvgIpc) is 2.75. The standard InChI is InChI=1S/C21H24N4O3S/c1-16(29-19-8-4-2-5-9-19)21(26)23-22-15-17-14-18(25(27)28)10-11-20(17)24-12-6-3-7-13-24/h2,4-5,8-11,14-16H,3,6-7,12-13H2,1H3,(H,23,26)/b22-15-/t16-/m0/s1. The Morgan fingerprint density at radius 2 is 1.93 bits per heavy atom. The number of hydrogen-bond donors (Lipinski definition) is 1. The van der Waals surface area contributed by atoms with Crippen LogP contribution in [0.4, 0.5) is 11.4 Å². The SMILES string of the molecule is C[C@H](Sc1ccccc1)C(=O)N/N=C\c1cc([N+](=O)[O-])ccc1N1CCCCC1. The fourth-order valence-electron chi connectivity index (χ4n) is 3.19. The highest BCUT2D eigenvalue weighted by Gasteiger charge is 2.17. The topological polar surface area (TPSA) is 87.8 Å². The minimum absolute atomic E-state index is 0.00605. The average molecular weight is 413 g/mol. The molecule has 1 amide bonds. The Morgan fingerprint density at radius 3 is 2.62 bits per heavy atom. The molecule has 0 radical (unpaired) electrons. The molecule has 1 aliphatic heterocycles. The van der Waals surface area contributed by atoms with Gasteiger partial charge in [0.05, 0.1) is 16.4 Å². The Balaban J connectivity index is 1.70. The van der Waals surface area contributed by atoms with Crippen LogP contribution in [0.25, 0.3) is 0 Å². The molecule has 1 heterocycles. The fourth-order valence-corrected chi connectivity index (χ4v) is 4.08. The number of carbonyl (C=O) groups is 1. The van der Waals surface area contributed by atoms with Crippen molar-refractivity contribution >= 4 is 35.3 Å². The molecule has 0 aromatic heterocycles. The fraction of sp³-hybridized carbons (Fsp3) is 0.333. The van der Waals surface area contributed by atoms with E-state index in [4.69, 9.17) is 0 Å². The number of amides is 1. The summed E-state index contributed by atoms with van der Waals surface area (Å²) in [5, 5.41) is 14.9. The quantitative estimate of drug-likeness (QED) is 0.318. The second-order valence-electron chi connectivity index (χ2n) is 6.86. The summed E-state index contributed by atoms with van der Waals surface area (Å²) in [7, 11) is 0. The monoisotopic (exact) mass is 412 g/mol. The minimum Gasteiger partial charge on any atom is -0.371 e. The zero-order valence-electron chi connectivity index (χ0n) is 16.3. The predicted octanol–water partition coefficient (Wildman–Crippen LogP) is 4.22. The number of benzene rings is 2. The van der Waals surface area contributed by atoms with Crippen LogP contribution in [0.15, 0.2) is 58.5 Å². The van der Waals surface area contributed by atoms with Gasteiger partial charge < -0.3 is 4.90 Å². The van der Waals surface area contributed by atoms with Crippen LogP contribution >= 0.6 is 11.8 Å². The zero-order chi connectivity index (χ0) is 20.6. The van der Waals surface area contributed by atoms with Crippen molar-refractivity contribution in [2.75, 3.05) is 18.0 Å². The van der Waals surface area contributed by atoms with E-state index in [0.29, 0.717) is 5.56 Å². The maximum Gasteiger partial charge on any atom is 0.270 e. The maximum atomic E-state index is 12.3. The molecule has 1 aliphatic rings. The zero-order valence-corrected chi connectivity index (χ0v) is 17.1. The number of non-ortho nitro benzene ring substituents is 1. The van der Waals surface area contributed by atoms with E-state index in [2.05, 4.69) is 15.4 Å². The van der Waals surface area contributed by atoms with Gasteiger partial charge in [0.1, 0.15) is 0 Å². The molecular formula is C21H24N4O3S. The molecule has 3 rings (SSSR count). The van der Waals surface area contributed by atoms with E-state index >= 15 is 0 Å². The van der Waals surface area contributed by atoms with Crippen molar-refractivity contribution in [1.82, 2.24) is 5.43 Å². The summed E-state index contributed by atoms with van der Waals surface area (Å²) >= 11 is 1.45. The van der Waals surface area contributed by atoms with E-state index in [1.807, 2.05) is 37.3 Å². The summed E-state index contributed by atoms with van der Waals surface area (Å²) in [4.78, 5) is 26.3. The third-order valence-electron chi connectivity index (χ3n) is 4.72. The molecule has 0 saturated carbocycles. The molecule has 0 unspecified atom stereocenters. The lowest BCUT2D eigenvalue weighted by Crippen LogP contribution is -2.30. The number of nitrogens with zero attached hydrogens (tertiary/aromatic N) is 3. The molecule has 29 heavy (non-hydrogen) atoms. The van der Waals surface area contributed by atoms with E-state index in [-0.39, 0.29) is 16.8 Å². The Hall–Kier alpha value is -2.87. The van der Waals surface area contributed by atoms with Crippen molar-refractivity contribution in [2.24, 2.45) is 5.10 Å². The summed E-state index contributed by atoms with van der Waals surface area (Å²) in [6, 6.07) is 14.5. The Labute approximate surface area is 174 Å². The summed E-state index contributed by atoms with van der Waals surface area (Å²) in [6.45, 7) is 3.64. The number of piperidine rings is 1. The van der Waals surface area contributed by atoms with E-state index < -0.39 is 4.92 Å². The molecule has 1 atom stereocenters. The third kappa shape index (κ3) is 5.80. The molecule has 0 spiro atoms. The molecule has 8 heteroatoms. The summed E-state index contributed by atoms with van der Waals surface area (Å²) < 4.78 is 0. The van der Waals surface area contributed by atoms with Gasteiger partial charge in [0.25, 0.3) is 11.6 Å². The Morgan fingerprint density at radius 1 is 1.21 bits per heavy atom. The van der Waals surface area contributed by atoms with Gasteiger partial charge in [-0.25, -0.2) is 5.43 Å². The predicted molar refractivity (Wildman–Crippen MR) is 117 cm³/mol. The van der Waals surface area contributed by atoms with Gasteiger partial charge >= 0.3 is 0 Å². The number of anilines is 1. The van der Waals surface area contributed by atoms with Crippen molar-refractivity contribution in [3.63, 3.8) is 0 Å². The number of nitrogens with one attached hydrogen (secondary N) is 1. The van der Waals surface area contributed by atoms with Crippen molar-refractivity contribution in [2.45, 2.75) is 36.3 Å². The lowest BCUT2D eigenvalue weighted by atomic mass is 10.1. The number of thioether (sulfide) groups is 1. The molecule has 1 N–H and O–H groups in total. The molecule has 2 aromatic rings. The normalized spacial score (nSPS) is 15.3. The maximum absolute atomic E-state index is 12.3. The number of hydrazone groups is 1. The minimum atomic E-state index is -0.422. The van der Waals surface area contributed by atoms with Gasteiger partial charge in [-0.3, -0.25) is 14.9 Å². The molecule has 1 saturated heterocycles. The van der Waals surface area contributed by atoms with E-state index in [9.17, 15) is 14.9 Å². The van der Waals surface area contributed by atoms with E-state index in [1.54, 1.807) is 6.07 Å². The summed E-state index contributed by atoms with van der Waals surface area (Å²) in [5.41, 5.74) is 4.09. The van der Waals surface area contributed by atoms with Gasteiger partial charge in [-0.05, 0) is 44.4 Å². The van der Waals surface area contributed by atoms with Crippen LogP contribution < -0.4 is 10.3 Å². The highest BCUT2D eigenvalue weighted by Crippen LogP contribution is 2.27. The van der Waals surface area contributed by atoms with Crippen molar-refractivity contribution in [3.8, 4) is 0 Å². The van der Waals surface area contributed by atoms with Crippen LogP contribution in [0.2, 0.25) is 0 Å². The lowest BCUT2D eigenvalue weighted by molar-refractivity contribution is -0.384. The van der Waals surface area contributed by atoms with Crippen molar-refractivity contribution in [3.05, 3.63) is 64.2 Å².